The van der Waals surface area contributed by atoms with E-state index in [-0.39, 0.29) is 6.54 Å². The maximum Gasteiger partial charge on any atom is 0.235 e. The fourth-order valence-corrected chi connectivity index (χ4v) is 1.24. The quantitative estimate of drug-likeness (QED) is 0.326. The van der Waals surface area contributed by atoms with E-state index >= 15 is 0 Å². The van der Waals surface area contributed by atoms with E-state index in [0.717, 1.165) is 0 Å². The Balaban J connectivity index is 2.52. The molecule has 14 heavy (non-hydrogen) atoms. The third kappa shape index (κ3) is 2.20. The van der Waals surface area contributed by atoms with E-state index in [2.05, 4.69) is 5.32 Å². The van der Waals surface area contributed by atoms with Crippen molar-refractivity contribution in [1.82, 2.24) is 5.32 Å². The van der Waals surface area contributed by atoms with Gasteiger partial charge in [0.2, 0.25) is 5.91 Å². The Bertz CT molecular complexity index is 212. The van der Waals surface area contributed by atoms with E-state index in [1.165, 1.54) is 0 Å². The summed E-state index contributed by atoms with van der Waals surface area (Å²) < 4.78 is 4.97. The summed E-state index contributed by atoms with van der Waals surface area (Å²) >= 11 is 0. The second-order valence-corrected chi connectivity index (χ2v) is 3.03. The van der Waals surface area contributed by atoms with Crippen LogP contribution in [0.5, 0.6) is 0 Å². The molecule has 0 aromatic heterocycles. The molecule has 7 heteroatoms. The van der Waals surface area contributed by atoms with Crippen LogP contribution in [0.15, 0.2) is 0 Å². The van der Waals surface area contributed by atoms with Crippen molar-refractivity contribution in [2.24, 2.45) is 5.73 Å². The summed E-state index contributed by atoms with van der Waals surface area (Å²) in [6.45, 7) is -0.653. The summed E-state index contributed by atoms with van der Waals surface area (Å²) in [5.41, 5.74) is 5.04. The third-order valence-corrected chi connectivity index (χ3v) is 2.03. The van der Waals surface area contributed by atoms with Gasteiger partial charge in [-0.2, -0.15) is 0 Å². The lowest BCUT2D eigenvalue weighted by molar-refractivity contribution is -0.126. The first-order valence-corrected chi connectivity index (χ1v) is 4.22. The van der Waals surface area contributed by atoms with Gasteiger partial charge in [0.25, 0.3) is 0 Å². The Morgan fingerprint density at radius 3 is 2.50 bits per heavy atom. The van der Waals surface area contributed by atoms with Gasteiger partial charge in [-0.1, -0.05) is 0 Å². The molecule has 0 spiro atoms. The lowest BCUT2D eigenvalue weighted by Crippen LogP contribution is -2.45. The monoisotopic (exact) mass is 206 g/mol. The highest BCUT2D eigenvalue weighted by Gasteiger charge is 2.42. The van der Waals surface area contributed by atoms with Gasteiger partial charge in [0, 0.05) is 0 Å². The van der Waals surface area contributed by atoms with Gasteiger partial charge in [-0.15, -0.1) is 0 Å². The molecule has 0 aliphatic carbocycles. The van der Waals surface area contributed by atoms with Gasteiger partial charge in [0.05, 0.1) is 13.2 Å². The Morgan fingerprint density at radius 2 is 2.07 bits per heavy atom. The van der Waals surface area contributed by atoms with Crippen LogP contribution in [0.2, 0.25) is 0 Å². The summed E-state index contributed by atoms with van der Waals surface area (Å²) in [4.78, 5) is 10.8. The molecule has 6 N–H and O–H groups in total. The first-order chi connectivity index (χ1) is 6.60. The molecule has 1 rings (SSSR count). The number of hydrogen-bond acceptors (Lipinski definition) is 6. The Hall–Kier alpha value is -0.730. The molecule has 0 aromatic rings. The number of amides is 1. The van der Waals surface area contributed by atoms with Crippen molar-refractivity contribution >= 4 is 5.91 Å². The van der Waals surface area contributed by atoms with Gasteiger partial charge in [-0.05, 0) is 0 Å². The Morgan fingerprint density at radius 1 is 1.43 bits per heavy atom. The molecule has 0 saturated carbocycles. The third-order valence-electron chi connectivity index (χ3n) is 2.03. The average molecular weight is 206 g/mol. The molecule has 0 radical (unpaired) electrons. The van der Waals surface area contributed by atoms with E-state index in [1.807, 2.05) is 0 Å². The summed E-state index contributed by atoms with van der Waals surface area (Å²) in [7, 11) is 0. The highest BCUT2D eigenvalue weighted by atomic mass is 16.6. The van der Waals surface area contributed by atoms with Crippen molar-refractivity contribution < 1.29 is 24.9 Å². The Kier molecular flexibility index (Phi) is 3.78. The standard InChI is InChI=1S/C7H14N2O5/c8-1-4(11)9-7-6(13)5(12)3(2-10)14-7/h3,5-7,10,12-13H,1-2,8H2,(H,9,11)/t3-,5-,6-,7+/m1/s1. The topological polar surface area (TPSA) is 125 Å². The summed E-state index contributed by atoms with van der Waals surface area (Å²) in [6.07, 6.45) is -4.35. The van der Waals surface area contributed by atoms with Crippen LogP contribution in [0.25, 0.3) is 0 Å². The molecule has 0 aromatic carbocycles. The maximum atomic E-state index is 10.8. The van der Waals surface area contributed by atoms with Gasteiger partial charge in [0.15, 0.2) is 6.23 Å². The largest absolute Gasteiger partial charge is 0.394 e. The van der Waals surface area contributed by atoms with Gasteiger partial charge < -0.3 is 31.1 Å². The van der Waals surface area contributed by atoms with Crippen LogP contribution < -0.4 is 11.1 Å². The van der Waals surface area contributed by atoms with Crippen molar-refractivity contribution in [3.63, 3.8) is 0 Å². The first kappa shape index (κ1) is 11.3. The lowest BCUT2D eigenvalue weighted by atomic mass is 10.1. The highest BCUT2D eigenvalue weighted by Crippen LogP contribution is 2.18. The fraction of sp³-hybridized carbons (Fsp3) is 0.857. The van der Waals surface area contributed by atoms with Crippen LogP contribution in [-0.2, 0) is 9.53 Å². The van der Waals surface area contributed by atoms with Crippen molar-refractivity contribution in [3.8, 4) is 0 Å². The second-order valence-electron chi connectivity index (χ2n) is 3.03. The molecule has 1 fully saturated rings. The first-order valence-electron chi connectivity index (χ1n) is 4.22. The zero-order chi connectivity index (χ0) is 10.7. The van der Waals surface area contributed by atoms with E-state index < -0.39 is 37.1 Å². The van der Waals surface area contributed by atoms with Crippen molar-refractivity contribution in [3.05, 3.63) is 0 Å². The normalized spacial score (nSPS) is 37.1. The van der Waals surface area contributed by atoms with Crippen LogP contribution in [0.3, 0.4) is 0 Å². The lowest BCUT2D eigenvalue weighted by Gasteiger charge is -2.15. The molecule has 82 valence electrons. The molecule has 0 unspecified atom stereocenters. The number of hydrogen-bond donors (Lipinski definition) is 5. The number of carbonyl (C=O) groups is 1. The fourth-order valence-electron chi connectivity index (χ4n) is 1.24. The van der Waals surface area contributed by atoms with Crippen LogP contribution in [0.4, 0.5) is 0 Å². The van der Waals surface area contributed by atoms with Crippen LogP contribution in [0.1, 0.15) is 0 Å². The van der Waals surface area contributed by atoms with E-state index in [0.29, 0.717) is 0 Å². The number of ether oxygens (including phenoxy) is 1. The highest BCUT2D eigenvalue weighted by molar-refractivity contribution is 5.78. The molecule has 4 atom stereocenters. The van der Waals surface area contributed by atoms with Gasteiger partial charge >= 0.3 is 0 Å². The van der Waals surface area contributed by atoms with Crippen molar-refractivity contribution in [2.45, 2.75) is 24.5 Å². The van der Waals surface area contributed by atoms with Gasteiger partial charge in [-0.3, -0.25) is 4.79 Å². The van der Waals surface area contributed by atoms with Crippen molar-refractivity contribution in [2.75, 3.05) is 13.2 Å². The molecule has 1 aliphatic heterocycles. The molecule has 7 nitrogen and oxygen atoms in total. The SMILES string of the molecule is NCC(=O)N[C@H]1O[C@H](CO)[C@@H](O)[C@H]1O. The Labute approximate surface area is 80.5 Å². The summed E-state index contributed by atoms with van der Waals surface area (Å²) in [5.74, 6) is -0.500. The van der Waals surface area contributed by atoms with E-state index in [9.17, 15) is 15.0 Å². The number of carbonyl (C=O) groups excluding carboxylic acids is 1. The molecule has 1 saturated heterocycles. The zero-order valence-corrected chi connectivity index (χ0v) is 7.46. The summed E-state index contributed by atoms with van der Waals surface area (Å²) in [5, 5.41) is 29.7. The number of aliphatic hydroxyl groups excluding tert-OH is 3. The maximum absolute atomic E-state index is 10.8. The van der Waals surface area contributed by atoms with Crippen LogP contribution in [0, 0.1) is 0 Å². The molecule has 1 amide bonds. The van der Waals surface area contributed by atoms with Crippen molar-refractivity contribution in [1.29, 1.82) is 0 Å². The molecule has 1 aliphatic rings. The minimum Gasteiger partial charge on any atom is -0.394 e. The molecule has 1 heterocycles. The molecular formula is C7H14N2O5. The predicted octanol–water partition coefficient (Wildman–Crippen LogP) is -3.50. The number of nitrogens with one attached hydrogen (secondary N) is 1. The van der Waals surface area contributed by atoms with Crippen LogP contribution >= 0.6 is 0 Å². The minimum absolute atomic E-state index is 0.230. The number of nitrogens with two attached hydrogens (primary N) is 1. The van der Waals surface area contributed by atoms with E-state index in [1.54, 1.807) is 0 Å². The summed E-state index contributed by atoms with van der Waals surface area (Å²) in [6, 6.07) is 0. The molecular weight excluding hydrogens is 192 g/mol. The van der Waals surface area contributed by atoms with Gasteiger partial charge in [0.1, 0.15) is 18.3 Å². The average Bonchev–Trinajstić information content (AvgIpc) is 2.45. The predicted molar refractivity (Wildman–Crippen MR) is 45.0 cm³/mol. The van der Waals surface area contributed by atoms with Crippen LogP contribution in [-0.4, -0.2) is 58.9 Å². The van der Waals surface area contributed by atoms with E-state index in [4.69, 9.17) is 15.6 Å². The zero-order valence-electron chi connectivity index (χ0n) is 7.46. The second kappa shape index (κ2) is 4.67. The van der Waals surface area contributed by atoms with Gasteiger partial charge in [-0.25, -0.2) is 0 Å². The number of aliphatic hydroxyl groups is 3. The smallest absolute Gasteiger partial charge is 0.235 e. The molecule has 0 bridgehead atoms. The minimum atomic E-state index is -1.25. The number of rotatable bonds is 3.